The Balaban J connectivity index is 2.40. The standard InChI is InChI=1S/C9H9N5O/c10-8-7-9(12-5-11-8)14-6(13-7)3-1-2-4-15/h5,15H,2,4H2,(H3,10,11,12,13,14). The maximum Gasteiger partial charge on any atom is 0.185 e. The van der Waals surface area contributed by atoms with Crippen molar-refractivity contribution in [3.8, 4) is 11.8 Å². The van der Waals surface area contributed by atoms with E-state index in [1.807, 2.05) is 0 Å². The molecule has 0 amide bonds. The molecular weight excluding hydrogens is 194 g/mol. The van der Waals surface area contributed by atoms with Crippen LogP contribution >= 0.6 is 0 Å². The highest BCUT2D eigenvalue weighted by atomic mass is 16.2. The molecule has 0 saturated heterocycles. The number of aliphatic hydroxyl groups excluding tert-OH is 1. The minimum atomic E-state index is 0.0369. The van der Waals surface area contributed by atoms with Gasteiger partial charge in [-0.05, 0) is 5.92 Å². The van der Waals surface area contributed by atoms with Crippen LogP contribution in [0.5, 0.6) is 0 Å². The van der Waals surface area contributed by atoms with E-state index in [-0.39, 0.29) is 6.61 Å². The number of nitrogens with two attached hydrogens (primary N) is 1. The summed E-state index contributed by atoms with van der Waals surface area (Å²) in [5, 5.41) is 8.55. The number of nitrogens with one attached hydrogen (secondary N) is 1. The number of nitrogen functional groups attached to an aromatic ring is 1. The lowest BCUT2D eigenvalue weighted by atomic mass is 10.4. The van der Waals surface area contributed by atoms with Gasteiger partial charge in [0.05, 0.1) is 6.61 Å². The Morgan fingerprint density at radius 2 is 2.33 bits per heavy atom. The molecule has 2 rings (SSSR count). The Bertz CT molecular complexity index is 536. The van der Waals surface area contributed by atoms with E-state index in [0.717, 1.165) is 0 Å². The first-order chi connectivity index (χ1) is 7.31. The van der Waals surface area contributed by atoms with Crippen LogP contribution in [0.25, 0.3) is 11.2 Å². The first-order valence-corrected chi connectivity index (χ1v) is 4.37. The van der Waals surface area contributed by atoms with Gasteiger partial charge in [0, 0.05) is 6.42 Å². The molecule has 4 N–H and O–H groups in total. The van der Waals surface area contributed by atoms with Gasteiger partial charge in [0.15, 0.2) is 17.3 Å². The van der Waals surface area contributed by atoms with Gasteiger partial charge in [-0.15, -0.1) is 0 Å². The Morgan fingerprint density at radius 3 is 3.07 bits per heavy atom. The van der Waals surface area contributed by atoms with Gasteiger partial charge in [-0.3, -0.25) is 0 Å². The first kappa shape index (κ1) is 9.43. The van der Waals surface area contributed by atoms with Gasteiger partial charge in [0.25, 0.3) is 0 Å². The topological polar surface area (TPSA) is 101 Å². The summed E-state index contributed by atoms with van der Waals surface area (Å²) in [4.78, 5) is 14.8. The lowest BCUT2D eigenvalue weighted by Crippen LogP contribution is -1.91. The number of H-pyrrole nitrogens is 1. The maximum atomic E-state index is 8.55. The van der Waals surface area contributed by atoms with E-state index in [4.69, 9.17) is 10.8 Å². The molecule has 6 nitrogen and oxygen atoms in total. The number of nitrogens with zero attached hydrogens (tertiary/aromatic N) is 3. The van der Waals surface area contributed by atoms with Gasteiger partial charge in [0.1, 0.15) is 11.8 Å². The Hall–Kier alpha value is -2.13. The molecule has 2 aromatic heterocycles. The molecule has 2 aromatic rings. The lowest BCUT2D eigenvalue weighted by Gasteiger charge is -1.89. The predicted molar refractivity (Wildman–Crippen MR) is 54.7 cm³/mol. The van der Waals surface area contributed by atoms with Crippen LogP contribution in [0.4, 0.5) is 5.82 Å². The summed E-state index contributed by atoms with van der Waals surface area (Å²) in [6.45, 7) is 0.0369. The zero-order valence-corrected chi connectivity index (χ0v) is 7.86. The van der Waals surface area contributed by atoms with Crippen LogP contribution in [-0.4, -0.2) is 31.6 Å². The molecule has 0 aliphatic carbocycles. The molecule has 0 radical (unpaired) electrons. The van der Waals surface area contributed by atoms with Crippen molar-refractivity contribution in [2.75, 3.05) is 12.3 Å². The van der Waals surface area contributed by atoms with E-state index in [2.05, 4.69) is 31.8 Å². The van der Waals surface area contributed by atoms with Crippen molar-refractivity contribution < 1.29 is 5.11 Å². The molecule has 15 heavy (non-hydrogen) atoms. The van der Waals surface area contributed by atoms with Crippen LogP contribution in [0.15, 0.2) is 6.33 Å². The van der Waals surface area contributed by atoms with E-state index in [9.17, 15) is 0 Å². The monoisotopic (exact) mass is 203 g/mol. The molecule has 0 unspecified atom stereocenters. The van der Waals surface area contributed by atoms with E-state index in [1.165, 1.54) is 6.33 Å². The molecule has 0 aliphatic rings. The average Bonchev–Trinajstić information content (AvgIpc) is 2.63. The minimum absolute atomic E-state index is 0.0369. The fourth-order valence-electron chi connectivity index (χ4n) is 1.11. The number of imidazole rings is 1. The number of hydrogen-bond acceptors (Lipinski definition) is 5. The molecule has 2 heterocycles. The number of aliphatic hydroxyl groups is 1. The maximum absolute atomic E-state index is 8.55. The first-order valence-electron chi connectivity index (χ1n) is 4.37. The quantitative estimate of drug-likeness (QED) is 0.551. The third kappa shape index (κ3) is 1.87. The predicted octanol–water partition coefficient (Wildman–Crippen LogP) is -0.331. The van der Waals surface area contributed by atoms with E-state index in [0.29, 0.717) is 29.2 Å². The third-order valence-corrected chi connectivity index (χ3v) is 1.76. The van der Waals surface area contributed by atoms with Crippen LogP contribution < -0.4 is 5.73 Å². The van der Waals surface area contributed by atoms with Crippen molar-refractivity contribution in [1.82, 2.24) is 19.9 Å². The normalized spacial score (nSPS) is 9.93. The fraction of sp³-hybridized carbons (Fsp3) is 0.222. The summed E-state index contributed by atoms with van der Waals surface area (Å²) in [5.41, 5.74) is 6.70. The van der Waals surface area contributed by atoms with E-state index in [1.54, 1.807) is 0 Å². The summed E-state index contributed by atoms with van der Waals surface area (Å²) in [6, 6.07) is 0. The molecule has 0 saturated carbocycles. The zero-order chi connectivity index (χ0) is 10.7. The SMILES string of the molecule is Nc1ncnc2nc(C#CCCO)[nH]c12. The molecule has 0 bridgehead atoms. The van der Waals surface area contributed by atoms with E-state index < -0.39 is 0 Å². The van der Waals surface area contributed by atoms with Gasteiger partial charge in [-0.1, -0.05) is 5.92 Å². The minimum Gasteiger partial charge on any atom is -0.395 e. The van der Waals surface area contributed by atoms with Crippen molar-refractivity contribution in [2.45, 2.75) is 6.42 Å². The largest absolute Gasteiger partial charge is 0.395 e. The molecular formula is C9H9N5O. The molecule has 0 fully saturated rings. The molecule has 0 aromatic carbocycles. The smallest absolute Gasteiger partial charge is 0.185 e. The fourth-order valence-corrected chi connectivity index (χ4v) is 1.11. The van der Waals surface area contributed by atoms with E-state index >= 15 is 0 Å². The highest BCUT2D eigenvalue weighted by Crippen LogP contribution is 2.12. The van der Waals surface area contributed by atoms with Gasteiger partial charge >= 0.3 is 0 Å². The van der Waals surface area contributed by atoms with Gasteiger partial charge < -0.3 is 15.8 Å². The number of aromatic amines is 1. The molecule has 0 aliphatic heterocycles. The lowest BCUT2D eigenvalue weighted by molar-refractivity contribution is 0.305. The van der Waals surface area contributed by atoms with Crippen molar-refractivity contribution in [3.63, 3.8) is 0 Å². The summed E-state index contributed by atoms with van der Waals surface area (Å²) >= 11 is 0. The highest BCUT2D eigenvalue weighted by Gasteiger charge is 2.04. The average molecular weight is 203 g/mol. The van der Waals surface area contributed by atoms with Crippen LogP contribution in [0.3, 0.4) is 0 Å². The van der Waals surface area contributed by atoms with Crippen LogP contribution in [0.1, 0.15) is 12.2 Å². The number of rotatable bonds is 1. The second kappa shape index (κ2) is 3.94. The van der Waals surface area contributed by atoms with Crippen LogP contribution in [0.2, 0.25) is 0 Å². The van der Waals surface area contributed by atoms with Crippen LogP contribution in [0, 0.1) is 11.8 Å². The number of anilines is 1. The van der Waals surface area contributed by atoms with Gasteiger partial charge in [0.2, 0.25) is 0 Å². The van der Waals surface area contributed by atoms with Crippen molar-refractivity contribution in [2.24, 2.45) is 0 Å². The second-order valence-electron chi connectivity index (χ2n) is 2.82. The van der Waals surface area contributed by atoms with Gasteiger partial charge in [-0.25, -0.2) is 15.0 Å². The van der Waals surface area contributed by atoms with Crippen molar-refractivity contribution >= 4 is 17.0 Å². The van der Waals surface area contributed by atoms with Crippen molar-refractivity contribution in [1.29, 1.82) is 0 Å². The van der Waals surface area contributed by atoms with Crippen LogP contribution in [-0.2, 0) is 0 Å². The highest BCUT2D eigenvalue weighted by molar-refractivity contribution is 5.81. The van der Waals surface area contributed by atoms with Crippen molar-refractivity contribution in [3.05, 3.63) is 12.2 Å². The molecule has 0 atom stereocenters. The Morgan fingerprint density at radius 1 is 1.47 bits per heavy atom. The summed E-state index contributed by atoms with van der Waals surface area (Å²) in [6.07, 6.45) is 1.77. The second-order valence-corrected chi connectivity index (χ2v) is 2.82. The molecule has 76 valence electrons. The zero-order valence-electron chi connectivity index (χ0n) is 7.86. The number of hydrogen-bond donors (Lipinski definition) is 3. The Labute approximate surface area is 85.6 Å². The summed E-state index contributed by atoms with van der Waals surface area (Å²) in [5.74, 6) is 6.34. The summed E-state index contributed by atoms with van der Waals surface area (Å²) < 4.78 is 0. The Kier molecular flexibility index (Phi) is 2.48. The molecule has 0 spiro atoms. The number of fused-ring (bicyclic) bond motifs is 1. The molecule has 6 heteroatoms. The summed E-state index contributed by atoms with van der Waals surface area (Å²) in [7, 11) is 0. The number of aromatic nitrogens is 4. The van der Waals surface area contributed by atoms with Gasteiger partial charge in [-0.2, -0.15) is 0 Å². The third-order valence-electron chi connectivity index (χ3n) is 1.76.